The quantitative estimate of drug-likeness (QED) is 0.735. The SMILES string of the molecule is O=C(c1ccccc1)N1CCCC1c1nc(-c2cccs2)no1. The summed E-state index contributed by atoms with van der Waals surface area (Å²) < 4.78 is 5.44. The minimum atomic E-state index is -0.135. The van der Waals surface area contributed by atoms with E-state index in [9.17, 15) is 4.79 Å². The van der Waals surface area contributed by atoms with Gasteiger partial charge in [-0.3, -0.25) is 4.79 Å². The van der Waals surface area contributed by atoms with E-state index in [-0.39, 0.29) is 11.9 Å². The number of carbonyl (C=O) groups excluding carboxylic acids is 1. The molecule has 116 valence electrons. The summed E-state index contributed by atoms with van der Waals surface area (Å²) in [7, 11) is 0. The van der Waals surface area contributed by atoms with E-state index < -0.39 is 0 Å². The number of thiophene rings is 1. The largest absolute Gasteiger partial charge is 0.337 e. The summed E-state index contributed by atoms with van der Waals surface area (Å²) in [5, 5.41) is 6.03. The van der Waals surface area contributed by atoms with E-state index in [2.05, 4.69) is 10.1 Å². The van der Waals surface area contributed by atoms with Crippen molar-refractivity contribution in [3.8, 4) is 10.7 Å². The van der Waals surface area contributed by atoms with Gasteiger partial charge in [0.2, 0.25) is 11.7 Å². The molecular weight excluding hydrogens is 310 g/mol. The van der Waals surface area contributed by atoms with Gasteiger partial charge in [-0.25, -0.2) is 0 Å². The molecular formula is C17H15N3O2S. The van der Waals surface area contributed by atoms with E-state index in [1.165, 1.54) is 0 Å². The summed E-state index contributed by atoms with van der Waals surface area (Å²) >= 11 is 1.57. The predicted octanol–water partition coefficient (Wildman–Crippen LogP) is 3.78. The van der Waals surface area contributed by atoms with Crippen molar-refractivity contribution < 1.29 is 9.32 Å². The monoisotopic (exact) mass is 325 g/mol. The zero-order chi connectivity index (χ0) is 15.6. The first-order valence-electron chi connectivity index (χ1n) is 7.56. The molecule has 6 heteroatoms. The maximum atomic E-state index is 12.7. The second-order valence-corrected chi connectivity index (χ2v) is 6.40. The maximum Gasteiger partial charge on any atom is 0.254 e. The molecule has 0 bridgehead atoms. The van der Waals surface area contributed by atoms with Crippen molar-refractivity contribution in [2.75, 3.05) is 6.54 Å². The fraction of sp³-hybridized carbons (Fsp3) is 0.235. The Morgan fingerprint density at radius 3 is 2.87 bits per heavy atom. The molecule has 0 saturated carbocycles. The summed E-state index contributed by atoms with van der Waals surface area (Å²) in [4.78, 5) is 20.0. The summed E-state index contributed by atoms with van der Waals surface area (Å²) in [5.74, 6) is 1.13. The molecule has 0 radical (unpaired) electrons. The number of benzene rings is 1. The van der Waals surface area contributed by atoms with Gasteiger partial charge in [-0.15, -0.1) is 11.3 Å². The first-order valence-corrected chi connectivity index (χ1v) is 8.44. The highest BCUT2D eigenvalue weighted by atomic mass is 32.1. The minimum absolute atomic E-state index is 0.0176. The maximum absolute atomic E-state index is 12.7. The van der Waals surface area contributed by atoms with Crippen molar-refractivity contribution in [3.63, 3.8) is 0 Å². The van der Waals surface area contributed by atoms with E-state index in [1.54, 1.807) is 11.3 Å². The summed E-state index contributed by atoms with van der Waals surface area (Å²) in [6.45, 7) is 0.717. The molecule has 3 heterocycles. The van der Waals surface area contributed by atoms with Crippen LogP contribution in [0.2, 0.25) is 0 Å². The number of hydrogen-bond acceptors (Lipinski definition) is 5. The van der Waals surface area contributed by atoms with Gasteiger partial charge in [0.25, 0.3) is 5.91 Å². The molecule has 1 saturated heterocycles. The third-order valence-corrected chi connectivity index (χ3v) is 4.87. The zero-order valence-corrected chi connectivity index (χ0v) is 13.2. The average molecular weight is 325 g/mol. The third kappa shape index (κ3) is 2.66. The van der Waals surface area contributed by atoms with Crippen molar-refractivity contribution in [2.45, 2.75) is 18.9 Å². The van der Waals surface area contributed by atoms with Crippen molar-refractivity contribution >= 4 is 17.2 Å². The fourth-order valence-corrected chi connectivity index (χ4v) is 3.54. The van der Waals surface area contributed by atoms with Crippen LogP contribution in [0.4, 0.5) is 0 Å². The second kappa shape index (κ2) is 5.96. The molecule has 1 atom stereocenters. The van der Waals surface area contributed by atoms with Crippen LogP contribution < -0.4 is 0 Å². The van der Waals surface area contributed by atoms with Crippen LogP contribution in [-0.4, -0.2) is 27.5 Å². The topological polar surface area (TPSA) is 59.2 Å². The first kappa shape index (κ1) is 14.1. The lowest BCUT2D eigenvalue weighted by atomic mass is 10.1. The Morgan fingerprint density at radius 2 is 2.09 bits per heavy atom. The smallest absolute Gasteiger partial charge is 0.254 e. The molecule has 0 N–H and O–H groups in total. The number of nitrogens with zero attached hydrogens (tertiary/aromatic N) is 3. The van der Waals surface area contributed by atoms with Crippen molar-refractivity contribution in [1.29, 1.82) is 0 Å². The Hall–Kier alpha value is -2.47. The summed E-state index contributed by atoms with van der Waals surface area (Å²) in [6, 6.07) is 13.1. The Bertz CT molecular complexity index is 798. The predicted molar refractivity (Wildman–Crippen MR) is 87.1 cm³/mol. The molecule has 23 heavy (non-hydrogen) atoms. The summed E-state index contributed by atoms with van der Waals surface area (Å²) in [5.41, 5.74) is 0.692. The van der Waals surface area contributed by atoms with Crippen LogP contribution in [0.25, 0.3) is 10.7 Å². The van der Waals surface area contributed by atoms with Gasteiger partial charge in [-0.1, -0.05) is 29.4 Å². The molecule has 1 fully saturated rings. The van der Waals surface area contributed by atoms with Crippen LogP contribution in [0.1, 0.15) is 35.1 Å². The Kier molecular flexibility index (Phi) is 3.67. The van der Waals surface area contributed by atoms with E-state index in [4.69, 9.17) is 4.52 Å². The van der Waals surface area contributed by atoms with Gasteiger partial charge in [0.05, 0.1) is 4.88 Å². The minimum Gasteiger partial charge on any atom is -0.337 e. The summed E-state index contributed by atoms with van der Waals surface area (Å²) in [6.07, 6.45) is 1.80. The molecule has 2 aromatic heterocycles. The van der Waals surface area contributed by atoms with E-state index >= 15 is 0 Å². The standard InChI is InChI=1S/C17H15N3O2S/c21-17(12-6-2-1-3-7-12)20-10-4-8-13(20)16-18-15(19-22-16)14-9-5-11-23-14/h1-3,5-7,9,11,13H,4,8,10H2. The van der Waals surface area contributed by atoms with Crippen LogP contribution in [0.5, 0.6) is 0 Å². The number of likely N-dealkylation sites (tertiary alicyclic amines) is 1. The Labute approximate surface area is 137 Å². The Morgan fingerprint density at radius 1 is 1.22 bits per heavy atom. The highest BCUT2D eigenvalue weighted by molar-refractivity contribution is 7.13. The highest BCUT2D eigenvalue weighted by Crippen LogP contribution is 2.33. The van der Waals surface area contributed by atoms with E-state index in [1.807, 2.05) is 52.7 Å². The van der Waals surface area contributed by atoms with Gasteiger partial charge in [-0.2, -0.15) is 4.98 Å². The van der Waals surface area contributed by atoms with E-state index in [0.717, 1.165) is 24.3 Å². The van der Waals surface area contributed by atoms with Crippen LogP contribution in [-0.2, 0) is 0 Å². The number of rotatable bonds is 3. The van der Waals surface area contributed by atoms with Crippen molar-refractivity contribution in [2.24, 2.45) is 0 Å². The van der Waals surface area contributed by atoms with Crippen LogP contribution in [0.15, 0.2) is 52.4 Å². The van der Waals surface area contributed by atoms with Crippen LogP contribution in [0, 0.1) is 0 Å². The van der Waals surface area contributed by atoms with Crippen LogP contribution in [0.3, 0.4) is 0 Å². The van der Waals surface area contributed by atoms with Crippen LogP contribution >= 0.6 is 11.3 Å². The van der Waals surface area contributed by atoms with Gasteiger partial charge >= 0.3 is 0 Å². The Balaban J connectivity index is 1.60. The number of hydrogen-bond donors (Lipinski definition) is 0. The number of aromatic nitrogens is 2. The van der Waals surface area contributed by atoms with Gasteiger partial charge in [-0.05, 0) is 36.4 Å². The number of carbonyl (C=O) groups is 1. The molecule has 1 amide bonds. The van der Waals surface area contributed by atoms with Crippen molar-refractivity contribution in [1.82, 2.24) is 15.0 Å². The second-order valence-electron chi connectivity index (χ2n) is 5.46. The van der Waals surface area contributed by atoms with Crippen molar-refractivity contribution in [3.05, 3.63) is 59.3 Å². The lowest BCUT2D eigenvalue weighted by molar-refractivity contribution is 0.0710. The molecule has 1 aromatic carbocycles. The zero-order valence-electron chi connectivity index (χ0n) is 12.4. The number of amides is 1. The average Bonchev–Trinajstić information content (AvgIpc) is 3.34. The van der Waals surface area contributed by atoms with Gasteiger partial charge in [0, 0.05) is 12.1 Å². The van der Waals surface area contributed by atoms with E-state index in [0.29, 0.717) is 17.3 Å². The highest BCUT2D eigenvalue weighted by Gasteiger charge is 2.34. The molecule has 1 aliphatic rings. The lowest BCUT2D eigenvalue weighted by Gasteiger charge is -2.21. The molecule has 3 aromatic rings. The molecule has 1 unspecified atom stereocenters. The molecule has 0 aliphatic carbocycles. The third-order valence-electron chi connectivity index (χ3n) is 4.00. The van der Waals surface area contributed by atoms with Gasteiger partial charge in [0.15, 0.2) is 0 Å². The van der Waals surface area contributed by atoms with Gasteiger partial charge in [0.1, 0.15) is 6.04 Å². The molecule has 0 spiro atoms. The normalized spacial score (nSPS) is 17.6. The molecule has 5 nitrogen and oxygen atoms in total. The fourth-order valence-electron chi connectivity index (χ4n) is 2.89. The molecule has 4 rings (SSSR count). The lowest BCUT2D eigenvalue weighted by Crippen LogP contribution is -2.30. The first-order chi connectivity index (χ1) is 11.3. The van der Waals surface area contributed by atoms with Gasteiger partial charge < -0.3 is 9.42 Å². The molecule has 1 aliphatic heterocycles.